The standard InChI is InChI=1S/C25H30N2O4/c1-17-8-7-9-18(2)27(17)25(30)19(3)31-23(28)16-26-24(29)22-14-12-21(13-15-22)20-10-5-4-6-11-20/h4-6,10-15,17-19H,7-9,16H2,1-3H3,(H,26,29)/t17-,18-,19-/m1/s1. The van der Waals surface area contributed by atoms with Gasteiger partial charge in [-0.3, -0.25) is 14.4 Å². The second-order valence-electron chi connectivity index (χ2n) is 8.13. The summed E-state index contributed by atoms with van der Waals surface area (Å²) in [7, 11) is 0. The average molecular weight is 423 g/mol. The number of hydrogen-bond acceptors (Lipinski definition) is 4. The van der Waals surface area contributed by atoms with E-state index in [2.05, 4.69) is 5.32 Å². The molecule has 1 heterocycles. The van der Waals surface area contributed by atoms with Gasteiger partial charge in [0.15, 0.2) is 6.10 Å². The molecule has 1 aliphatic rings. The molecule has 0 spiro atoms. The molecule has 164 valence electrons. The van der Waals surface area contributed by atoms with Crippen LogP contribution in [0.15, 0.2) is 54.6 Å². The lowest BCUT2D eigenvalue weighted by molar-refractivity contribution is -0.161. The van der Waals surface area contributed by atoms with Gasteiger partial charge in [-0.25, -0.2) is 0 Å². The molecule has 1 saturated heterocycles. The number of benzene rings is 2. The Bertz CT molecular complexity index is 901. The molecule has 0 aromatic heterocycles. The third-order valence-electron chi connectivity index (χ3n) is 5.75. The lowest BCUT2D eigenvalue weighted by Gasteiger charge is -2.40. The van der Waals surface area contributed by atoms with Crippen molar-refractivity contribution in [1.29, 1.82) is 0 Å². The van der Waals surface area contributed by atoms with Crippen LogP contribution in [0.3, 0.4) is 0 Å². The van der Waals surface area contributed by atoms with Crippen molar-refractivity contribution in [3.63, 3.8) is 0 Å². The normalized spacial score (nSPS) is 19.4. The smallest absolute Gasteiger partial charge is 0.326 e. The summed E-state index contributed by atoms with van der Waals surface area (Å²) in [6.45, 7) is 5.33. The fourth-order valence-electron chi connectivity index (χ4n) is 4.05. The van der Waals surface area contributed by atoms with E-state index < -0.39 is 12.1 Å². The maximum Gasteiger partial charge on any atom is 0.326 e. The van der Waals surface area contributed by atoms with Crippen LogP contribution in [0.4, 0.5) is 0 Å². The van der Waals surface area contributed by atoms with E-state index in [0.717, 1.165) is 30.4 Å². The number of hydrogen-bond donors (Lipinski definition) is 1. The van der Waals surface area contributed by atoms with Crippen LogP contribution in [0.2, 0.25) is 0 Å². The van der Waals surface area contributed by atoms with Crippen molar-refractivity contribution in [3.8, 4) is 11.1 Å². The Balaban J connectivity index is 1.49. The summed E-state index contributed by atoms with van der Waals surface area (Å²) >= 11 is 0. The Hall–Kier alpha value is -3.15. The third kappa shape index (κ3) is 5.72. The highest BCUT2D eigenvalue weighted by Crippen LogP contribution is 2.23. The van der Waals surface area contributed by atoms with Gasteiger partial charge in [0.1, 0.15) is 6.54 Å². The lowest BCUT2D eigenvalue weighted by atomic mass is 9.97. The summed E-state index contributed by atoms with van der Waals surface area (Å²) in [5.74, 6) is -1.18. The number of carbonyl (C=O) groups is 3. The number of carbonyl (C=O) groups excluding carboxylic acids is 3. The Morgan fingerprint density at radius 3 is 2.16 bits per heavy atom. The summed E-state index contributed by atoms with van der Waals surface area (Å²) < 4.78 is 5.28. The van der Waals surface area contributed by atoms with Gasteiger partial charge >= 0.3 is 5.97 Å². The molecule has 0 bridgehead atoms. The molecule has 0 aliphatic carbocycles. The fourth-order valence-corrected chi connectivity index (χ4v) is 4.05. The minimum Gasteiger partial charge on any atom is -0.451 e. The predicted octanol–water partition coefficient (Wildman–Crippen LogP) is 3.80. The molecule has 2 amide bonds. The van der Waals surface area contributed by atoms with Crippen LogP contribution in [-0.4, -0.2) is 47.4 Å². The number of rotatable bonds is 6. The summed E-state index contributed by atoms with van der Waals surface area (Å²) in [6.07, 6.45) is 2.13. The minimum atomic E-state index is -0.877. The third-order valence-corrected chi connectivity index (χ3v) is 5.75. The number of esters is 1. The van der Waals surface area contributed by atoms with Gasteiger partial charge in [0.25, 0.3) is 11.8 Å². The average Bonchev–Trinajstić information content (AvgIpc) is 2.78. The molecule has 6 nitrogen and oxygen atoms in total. The molecule has 1 aliphatic heterocycles. The molecule has 3 rings (SSSR count). The van der Waals surface area contributed by atoms with Crippen LogP contribution < -0.4 is 5.32 Å². The Morgan fingerprint density at radius 1 is 0.968 bits per heavy atom. The number of likely N-dealkylation sites (tertiary alicyclic amines) is 1. The fraction of sp³-hybridized carbons (Fsp3) is 0.400. The highest BCUT2D eigenvalue weighted by atomic mass is 16.5. The predicted molar refractivity (Wildman–Crippen MR) is 119 cm³/mol. The van der Waals surface area contributed by atoms with E-state index in [0.29, 0.717) is 5.56 Å². The summed E-state index contributed by atoms with van der Waals surface area (Å²) in [5.41, 5.74) is 2.52. The van der Waals surface area contributed by atoms with Crippen LogP contribution in [-0.2, 0) is 14.3 Å². The highest BCUT2D eigenvalue weighted by molar-refractivity contribution is 5.96. The number of ether oxygens (including phenoxy) is 1. The molecule has 31 heavy (non-hydrogen) atoms. The van der Waals surface area contributed by atoms with Crippen molar-refractivity contribution in [2.24, 2.45) is 0 Å². The van der Waals surface area contributed by atoms with Gasteiger partial charge < -0.3 is 15.0 Å². The van der Waals surface area contributed by atoms with Crippen LogP contribution in [0, 0.1) is 0 Å². The van der Waals surface area contributed by atoms with E-state index in [1.807, 2.05) is 61.2 Å². The first-order valence-electron chi connectivity index (χ1n) is 10.8. The quantitative estimate of drug-likeness (QED) is 0.719. The Morgan fingerprint density at radius 2 is 1.55 bits per heavy atom. The van der Waals surface area contributed by atoms with Crippen molar-refractivity contribution in [3.05, 3.63) is 60.2 Å². The van der Waals surface area contributed by atoms with Gasteiger partial charge in [0.05, 0.1) is 0 Å². The maximum absolute atomic E-state index is 12.7. The molecule has 3 atom stereocenters. The number of nitrogens with zero attached hydrogens (tertiary/aromatic N) is 1. The molecule has 6 heteroatoms. The van der Waals surface area contributed by atoms with E-state index in [1.54, 1.807) is 19.1 Å². The molecule has 2 aromatic rings. The zero-order valence-electron chi connectivity index (χ0n) is 18.3. The number of piperidine rings is 1. The van der Waals surface area contributed by atoms with E-state index in [4.69, 9.17) is 4.74 Å². The topological polar surface area (TPSA) is 75.7 Å². The van der Waals surface area contributed by atoms with E-state index in [1.165, 1.54) is 0 Å². The van der Waals surface area contributed by atoms with Crippen molar-refractivity contribution in [2.75, 3.05) is 6.54 Å². The molecule has 1 N–H and O–H groups in total. The van der Waals surface area contributed by atoms with E-state index in [-0.39, 0.29) is 30.4 Å². The van der Waals surface area contributed by atoms with Crippen LogP contribution in [0.25, 0.3) is 11.1 Å². The van der Waals surface area contributed by atoms with Crippen molar-refractivity contribution in [2.45, 2.75) is 58.2 Å². The first kappa shape index (κ1) is 22.5. The molecule has 1 fully saturated rings. The Labute approximate surface area is 183 Å². The van der Waals surface area contributed by atoms with Gasteiger partial charge in [-0.2, -0.15) is 0 Å². The summed E-state index contributed by atoms with van der Waals surface area (Å²) in [5, 5.41) is 2.56. The number of nitrogens with one attached hydrogen (secondary N) is 1. The van der Waals surface area contributed by atoms with Crippen LogP contribution >= 0.6 is 0 Å². The van der Waals surface area contributed by atoms with E-state index in [9.17, 15) is 14.4 Å². The summed E-state index contributed by atoms with van der Waals surface area (Å²) in [6, 6.07) is 17.3. The van der Waals surface area contributed by atoms with E-state index >= 15 is 0 Å². The van der Waals surface area contributed by atoms with Gasteiger partial charge in [0, 0.05) is 17.6 Å². The lowest BCUT2D eigenvalue weighted by Crippen LogP contribution is -2.51. The second-order valence-corrected chi connectivity index (χ2v) is 8.13. The van der Waals surface area contributed by atoms with Gasteiger partial charge in [0.2, 0.25) is 0 Å². The summed E-state index contributed by atoms with van der Waals surface area (Å²) in [4.78, 5) is 39.1. The minimum absolute atomic E-state index is 0.135. The zero-order chi connectivity index (χ0) is 22.4. The zero-order valence-corrected chi connectivity index (χ0v) is 18.3. The maximum atomic E-state index is 12.7. The Kier molecular flexibility index (Phi) is 7.45. The SMILES string of the molecule is C[C@@H]1CCC[C@@H](C)N1C(=O)[C@@H](C)OC(=O)CNC(=O)c1ccc(-c2ccccc2)cc1. The van der Waals surface area contributed by atoms with Crippen LogP contribution in [0.1, 0.15) is 50.4 Å². The molecular formula is C25H30N2O4. The van der Waals surface area contributed by atoms with Gasteiger partial charge in [-0.05, 0) is 63.3 Å². The first-order chi connectivity index (χ1) is 14.9. The van der Waals surface area contributed by atoms with Crippen molar-refractivity contribution in [1.82, 2.24) is 10.2 Å². The largest absolute Gasteiger partial charge is 0.451 e. The van der Waals surface area contributed by atoms with Crippen LogP contribution in [0.5, 0.6) is 0 Å². The molecule has 2 aromatic carbocycles. The first-order valence-corrected chi connectivity index (χ1v) is 10.8. The van der Waals surface area contributed by atoms with Gasteiger partial charge in [-0.15, -0.1) is 0 Å². The van der Waals surface area contributed by atoms with Crippen molar-refractivity contribution < 1.29 is 19.1 Å². The molecule has 0 radical (unpaired) electrons. The monoisotopic (exact) mass is 422 g/mol. The molecular weight excluding hydrogens is 392 g/mol. The van der Waals surface area contributed by atoms with Gasteiger partial charge in [-0.1, -0.05) is 42.5 Å². The molecule has 0 saturated carbocycles. The van der Waals surface area contributed by atoms with Crippen molar-refractivity contribution >= 4 is 17.8 Å². The second kappa shape index (κ2) is 10.2. The number of amides is 2. The highest BCUT2D eigenvalue weighted by Gasteiger charge is 2.33. The molecule has 0 unspecified atom stereocenters.